The third-order valence-corrected chi connectivity index (χ3v) is 1.25. The normalized spacial score (nSPS) is 15.2. The Morgan fingerprint density at radius 1 is 1.82 bits per heavy atom. The summed E-state index contributed by atoms with van der Waals surface area (Å²) in [6.07, 6.45) is 4.78. The van der Waals surface area contributed by atoms with Gasteiger partial charge in [-0.1, -0.05) is 0 Å². The zero-order chi connectivity index (χ0) is 8.10. The molecule has 3 nitrogen and oxygen atoms in total. The maximum atomic E-state index is 11.0. The lowest BCUT2D eigenvalue weighted by Crippen LogP contribution is -2.08. The minimum Gasteiger partial charge on any atom is -0.497 e. The van der Waals surface area contributed by atoms with Gasteiger partial charge in [-0.25, -0.2) is 4.79 Å². The van der Waals surface area contributed by atoms with Gasteiger partial charge in [-0.05, 0) is 19.1 Å². The number of rotatable bonds is 2. The highest BCUT2D eigenvalue weighted by Gasteiger charge is 2.08. The first kappa shape index (κ1) is 7.85. The second-order valence-electron chi connectivity index (χ2n) is 2.02. The minimum absolute atomic E-state index is 0.285. The largest absolute Gasteiger partial charge is 0.497 e. The smallest absolute Gasteiger partial charge is 0.338 e. The minimum atomic E-state index is -0.285. The first-order valence-electron chi connectivity index (χ1n) is 3.50. The van der Waals surface area contributed by atoms with Crippen LogP contribution < -0.4 is 0 Å². The molecule has 1 aliphatic rings. The maximum absolute atomic E-state index is 11.0. The average molecular weight is 154 g/mol. The number of carbonyl (C=O) groups excluding carboxylic acids is 1. The summed E-state index contributed by atoms with van der Waals surface area (Å²) >= 11 is 0. The van der Waals surface area contributed by atoms with E-state index in [9.17, 15) is 4.79 Å². The lowest BCUT2D eigenvalue weighted by molar-refractivity contribution is -0.138. The Morgan fingerprint density at radius 2 is 2.64 bits per heavy atom. The van der Waals surface area contributed by atoms with Crippen LogP contribution in [0.2, 0.25) is 0 Å². The Hall–Kier alpha value is -1.25. The Labute approximate surface area is 65.3 Å². The summed E-state index contributed by atoms with van der Waals surface area (Å²) in [6, 6.07) is 0. The zero-order valence-electron chi connectivity index (χ0n) is 6.37. The summed E-state index contributed by atoms with van der Waals surface area (Å²) in [7, 11) is 0. The van der Waals surface area contributed by atoms with Crippen LogP contribution in [0.5, 0.6) is 0 Å². The number of ether oxygens (including phenoxy) is 2. The van der Waals surface area contributed by atoms with Crippen molar-refractivity contribution in [1.29, 1.82) is 0 Å². The van der Waals surface area contributed by atoms with E-state index < -0.39 is 0 Å². The van der Waals surface area contributed by atoms with Gasteiger partial charge in [0.05, 0.1) is 18.4 Å². The molecule has 1 rings (SSSR count). The van der Waals surface area contributed by atoms with Gasteiger partial charge in [-0.3, -0.25) is 0 Å². The molecule has 0 unspecified atom stereocenters. The summed E-state index contributed by atoms with van der Waals surface area (Å²) in [5, 5.41) is 0. The molecule has 0 aromatic heterocycles. The SMILES string of the molecule is CCOC(=O)C1=CCOC=C1. The molecule has 3 heteroatoms. The van der Waals surface area contributed by atoms with Crippen molar-refractivity contribution < 1.29 is 14.3 Å². The van der Waals surface area contributed by atoms with Gasteiger partial charge in [0.1, 0.15) is 6.61 Å². The molecule has 0 aromatic carbocycles. The Balaban J connectivity index is 2.52. The molecule has 0 spiro atoms. The quantitative estimate of drug-likeness (QED) is 0.557. The summed E-state index contributed by atoms with van der Waals surface area (Å²) in [5.74, 6) is -0.285. The molecule has 11 heavy (non-hydrogen) atoms. The van der Waals surface area contributed by atoms with Gasteiger partial charge < -0.3 is 9.47 Å². The fourth-order valence-corrected chi connectivity index (χ4v) is 0.749. The van der Waals surface area contributed by atoms with Crippen molar-refractivity contribution in [3.63, 3.8) is 0 Å². The third kappa shape index (κ3) is 2.11. The number of esters is 1. The van der Waals surface area contributed by atoms with E-state index in [0.717, 1.165) is 0 Å². The summed E-state index contributed by atoms with van der Waals surface area (Å²) in [6.45, 7) is 2.64. The molecule has 0 amide bonds. The van der Waals surface area contributed by atoms with Crippen LogP contribution in [0.4, 0.5) is 0 Å². The predicted octanol–water partition coefficient (Wildman–Crippen LogP) is 1.02. The van der Waals surface area contributed by atoms with Gasteiger partial charge in [-0.2, -0.15) is 0 Å². The number of hydrogen-bond donors (Lipinski definition) is 0. The first-order valence-corrected chi connectivity index (χ1v) is 3.50. The summed E-state index contributed by atoms with van der Waals surface area (Å²) < 4.78 is 9.63. The van der Waals surface area contributed by atoms with Gasteiger partial charge in [0.15, 0.2) is 0 Å². The maximum Gasteiger partial charge on any atom is 0.338 e. The second kappa shape index (κ2) is 3.81. The predicted molar refractivity (Wildman–Crippen MR) is 39.8 cm³/mol. The van der Waals surface area contributed by atoms with Crippen molar-refractivity contribution >= 4 is 5.97 Å². The molecule has 1 aliphatic heterocycles. The van der Waals surface area contributed by atoms with Crippen LogP contribution in [0.1, 0.15) is 6.92 Å². The van der Waals surface area contributed by atoms with E-state index >= 15 is 0 Å². The lowest BCUT2D eigenvalue weighted by atomic mass is 10.2. The molecule has 0 bridgehead atoms. The number of carbonyl (C=O) groups is 1. The first-order chi connectivity index (χ1) is 5.34. The van der Waals surface area contributed by atoms with Gasteiger partial charge in [0.25, 0.3) is 0 Å². The zero-order valence-corrected chi connectivity index (χ0v) is 6.37. The molecule has 0 N–H and O–H groups in total. The van der Waals surface area contributed by atoms with Crippen LogP contribution in [0.3, 0.4) is 0 Å². The molecule has 1 heterocycles. The van der Waals surface area contributed by atoms with Crippen LogP contribution in [-0.4, -0.2) is 19.2 Å². The van der Waals surface area contributed by atoms with E-state index in [2.05, 4.69) is 0 Å². The molecule has 0 fully saturated rings. The molecule has 0 saturated heterocycles. The Bertz CT molecular complexity index is 203. The second-order valence-corrected chi connectivity index (χ2v) is 2.02. The van der Waals surface area contributed by atoms with Crippen molar-refractivity contribution in [2.45, 2.75) is 6.92 Å². The highest BCUT2D eigenvalue weighted by atomic mass is 16.5. The van der Waals surface area contributed by atoms with Crippen molar-refractivity contribution in [3.05, 3.63) is 24.0 Å². The fourth-order valence-electron chi connectivity index (χ4n) is 0.749. The van der Waals surface area contributed by atoms with E-state index in [-0.39, 0.29) is 5.97 Å². The van der Waals surface area contributed by atoms with Gasteiger partial charge in [0, 0.05) is 0 Å². The van der Waals surface area contributed by atoms with Crippen LogP contribution in [0.25, 0.3) is 0 Å². The van der Waals surface area contributed by atoms with Crippen molar-refractivity contribution in [3.8, 4) is 0 Å². The highest BCUT2D eigenvalue weighted by Crippen LogP contribution is 2.05. The molecule has 60 valence electrons. The number of hydrogen-bond acceptors (Lipinski definition) is 3. The highest BCUT2D eigenvalue weighted by molar-refractivity contribution is 5.91. The van der Waals surface area contributed by atoms with E-state index in [1.807, 2.05) is 0 Å². The van der Waals surface area contributed by atoms with E-state index in [4.69, 9.17) is 9.47 Å². The van der Waals surface area contributed by atoms with Crippen LogP contribution in [0.15, 0.2) is 24.0 Å². The molecular formula is C8H10O3. The van der Waals surface area contributed by atoms with Gasteiger partial charge in [0.2, 0.25) is 0 Å². The average Bonchev–Trinajstić information content (AvgIpc) is 2.07. The van der Waals surface area contributed by atoms with E-state index in [0.29, 0.717) is 18.8 Å². The Morgan fingerprint density at radius 3 is 3.18 bits per heavy atom. The van der Waals surface area contributed by atoms with Crippen molar-refractivity contribution in [2.24, 2.45) is 0 Å². The lowest BCUT2D eigenvalue weighted by Gasteiger charge is -2.06. The van der Waals surface area contributed by atoms with Crippen molar-refractivity contribution in [2.75, 3.05) is 13.2 Å². The molecular weight excluding hydrogens is 144 g/mol. The summed E-state index contributed by atoms with van der Waals surface area (Å²) in [5.41, 5.74) is 0.568. The van der Waals surface area contributed by atoms with E-state index in [1.165, 1.54) is 6.26 Å². The molecule has 0 radical (unpaired) electrons. The van der Waals surface area contributed by atoms with E-state index in [1.54, 1.807) is 19.1 Å². The molecule has 0 aromatic rings. The fraction of sp³-hybridized carbons (Fsp3) is 0.375. The topological polar surface area (TPSA) is 35.5 Å². The van der Waals surface area contributed by atoms with Gasteiger partial charge in [-0.15, -0.1) is 0 Å². The van der Waals surface area contributed by atoms with Crippen LogP contribution in [0, 0.1) is 0 Å². The molecule has 0 saturated carbocycles. The Kier molecular flexibility index (Phi) is 2.72. The summed E-state index contributed by atoms with van der Waals surface area (Å²) in [4.78, 5) is 11.0. The van der Waals surface area contributed by atoms with Crippen LogP contribution >= 0.6 is 0 Å². The molecule has 0 aliphatic carbocycles. The van der Waals surface area contributed by atoms with Gasteiger partial charge >= 0.3 is 5.97 Å². The standard InChI is InChI=1S/C8H10O3/c1-2-11-8(9)7-3-5-10-6-4-7/h3-5H,2,6H2,1H3. The monoisotopic (exact) mass is 154 g/mol. The van der Waals surface area contributed by atoms with Crippen LogP contribution in [-0.2, 0) is 14.3 Å². The third-order valence-electron chi connectivity index (χ3n) is 1.25. The molecule has 0 atom stereocenters. The van der Waals surface area contributed by atoms with Crippen molar-refractivity contribution in [1.82, 2.24) is 0 Å².